The first-order valence-corrected chi connectivity index (χ1v) is 8.74. The molecule has 1 saturated heterocycles. The number of nitrogens with zero attached hydrogens (tertiary/aromatic N) is 3. The van der Waals surface area contributed by atoms with Gasteiger partial charge in [0.1, 0.15) is 0 Å². The number of rotatable bonds is 5. The maximum absolute atomic E-state index is 12.4. The molecule has 0 spiro atoms. The van der Waals surface area contributed by atoms with Crippen LogP contribution in [0.3, 0.4) is 0 Å². The molecule has 3 rings (SSSR count). The van der Waals surface area contributed by atoms with E-state index in [1.165, 1.54) is 0 Å². The average Bonchev–Trinajstić information content (AvgIpc) is 3.17. The predicted molar refractivity (Wildman–Crippen MR) is 95.1 cm³/mol. The molecule has 1 aliphatic rings. The fourth-order valence-corrected chi connectivity index (χ4v) is 3.21. The number of aromatic nitrogens is 2. The highest BCUT2D eigenvalue weighted by Gasteiger charge is 2.24. The molecule has 6 heteroatoms. The molecule has 0 aromatic carbocycles. The van der Waals surface area contributed by atoms with E-state index in [4.69, 9.17) is 0 Å². The zero-order chi connectivity index (χ0) is 17.6. The molecular formula is C19H24N4O2. The maximum atomic E-state index is 12.4. The molecule has 0 bridgehead atoms. The Morgan fingerprint density at radius 3 is 2.48 bits per heavy atom. The summed E-state index contributed by atoms with van der Waals surface area (Å²) in [4.78, 5) is 30.4. The molecule has 0 unspecified atom stereocenters. The minimum atomic E-state index is 0.0356. The van der Waals surface area contributed by atoms with Crippen molar-refractivity contribution < 1.29 is 9.59 Å². The number of likely N-dealkylation sites (tertiary alicyclic amines) is 1. The average molecular weight is 340 g/mol. The van der Waals surface area contributed by atoms with Crippen LogP contribution < -0.4 is 5.32 Å². The molecule has 1 fully saturated rings. The molecule has 3 heterocycles. The summed E-state index contributed by atoms with van der Waals surface area (Å²) >= 11 is 0. The summed E-state index contributed by atoms with van der Waals surface area (Å²) in [7, 11) is 0. The molecule has 2 aromatic heterocycles. The van der Waals surface area contributed by atoms with Crippen molar-refractivity contribution >= 4 is 11.8 Å². The fraction of sp³-hybridized carbons (Fsp3) is 0.421. The lowest BCUT2D eigenvalue weighted by molar-refractivity contribution is -0.122. The Morgan fingerprint density at radius 1 is 1.20 bits per heavy atom. The van der Waals surface area contributed by atoms with E-state index in [2.05, 4.69) is 10.3 Å². The van der Waals surface area contributed by atoms with Crippen LogP contribution in [0.4, 0.5) is 0 Å². The van der Waals surface area contributed by atoms with Crippen molar-refractivity contribution in [3.05, 3.63) is 54.6 Å². The van der Waals surface area contributed by atoms with E-state index < -0.39 is 0 Å². The Morgan fingerprint density at radius 2 is 1.84 bits per heavy atom. The largest absolute Gasteiger partial charge is 0.353 e. The van der Waals surface area contributed by atoms with Crippen molar-refractivity contribution in [2.24, 2.45) is 0 Å². The highest BCUT2D eigenvalue weighted by Crippen LogP contribution is 2.15. The van der Waals surface area contributed by atoms with E-state index in [1.807, 2.05) is 40.9 Å². The lowest BCUT2D eigenvalue weighted by Gasteiger charge is -2.32. The van der Waals surface area contributed by atoms with Gasteiger partial charge in [0.15, 0.2) is 0 Å². The van der Waals surface area contributed by atoms with Gasteiger partial charge in [-0.3, -0.25) is 14.6 Å². The maximum Gasteiger partial charge on any atom is 0.253 e. The molecule has 0 saturated carbocycles. The van der Waals surface area contributed by atoms with Gasteiger partial charge in [-0.1, -0.05) is 0 Å². The number of pyridine rings is 1. The van der Waals surface area contributed by atoms with E-state index in [0.29, 0.717) is 25.1 Å². The third kappa shape index (κ3) is 4.47. The van der Waals surface area contributed by atoms with Crippen LogP contribution in [-0.4, -0.2) is 45.4 Å². The fourth-order valence-electron chi connectivity index (χ4n) is 3.21. The standard InChI is InChI=1S/C19H24N4O2/c1-15(22-10-2-3-11-22)14-18(24)21-17-6-12-23(13-7-17)19(25)16-4-8-20-9-5-16/h2-5,8-11,15,17H,6-7,12-14H2,1H3,(H,21,24)/t15-/m1/s1. The summed E-state index contributed by atoms with van der Waals surface area (Å²) in [5.41, 5.74) is 0.665. The smallest absolute Gasteiger partial charge is 0.253 e. The summed E-state index contributed by atoms with van der Waals surface area (Å²) in [6.07, 6.45) is 9.26. The highest BCUT2D eigenvalue weighted by molar-refractivity contribution is 5.94. The summed E-state index contributed by atoms with van der Waals surface area (Å²) in [6, 6.07) is 7.68. The van der Waals surface area contributed by atoms with Gasteiger partial charge in [0.25, 0.3) is 5.91 Å². The molecule has 6 nitrogen and oxygen atoms in total. The molecule has 2 aromatic rings. The first-order valence-electron chi connectivity index (χ1n) is 8.74. The van der Waals surface area contributed by atoms with Crippen molar-refractivity contribution in [2.45, 2.75) is 38.3 Å². The van der Waals surface area contributed by atoms with Gasteiger partial charge in [0.05, 0.1) is 0 Å². The van der Waals surface area contributed by atoms with E-state index in [0.717, 1.165) is 12.8 Å². The lowest BCUT2D eigenvalue weighted by Crippen LogP contribution is -2.46. The van der Waals surface area contributed by atoms with Gasteiger partial charge in [0, 0.05) is 61.9 Å². The first-order chi connectivity index (χ1) is 12.1. The number of carbonyl (C=O) groups is 2. The van der Waals surface area contributed by atoms with Gasteiger partial charge >= 0.3 is 0 Å². The quantitative estimate of drug-likeness (QED) is 0.908. The van der Waals surface area contributed by atoms with Gasteiger partial charge in [-0.05, 0) is 44.0 Å². The molecule has 0 aliphatic carbocycles. The van der Waals surface area contributed by atoms with Crippen LogP contribution in [0, 0.1) is 0 Å². The van der Waals surface area contributed by atoms with Crippen LogP contribution in [0.5, 0.6) is 0 Å². The summed E-state index contributed by atoms with van der Waals surface area (Å²) < 4.78 is 2.04. The number of amides is 2. The third-order valence-electron chi connectivity index (χ3n) is 4.69. The molecule has 25 heavy (non-hydrogen) atoms. The van der Waals surface area contributed by atoms with Crippen LogP contribution in [0.25, 0.3) is 0 Å². The number of hydrogen-bond donors (Lipinski definition) is 1. The van der Waals surface area contributed by atoms with Crippen LogP contribution in [-0.2, 0) is 4.79 Å². The van der Waals surface area contributed by atoms with Crippen molar-refractivity contribution in [2.75, 3.05) is 13.1 Å². The first kappa shape index (κ1) is 17.2. The molecule has 0 radical (unpaired) electrons. The predicted octanol–water partition coefficient (Wildman–Crippen LogP) is 2.26. The number of carbonyl (C=O) groups excluding carboxylic acids is 2. The van der Waals surface area contributed by atoms with Gasteiger partial charge in [-0.15, -0.1) is 0 Å². The number of hydrogen-bond acceptors (Lipinski definition) is 3. The Bertz CT molecular complexity index is 691. The number of nitrogens with one attached hydrogen (secondary N) is 1. The van der Waals surface area contributed by atoms with Crippen LogP contribution in [0.15, 0.2) is 49.1 Å². The van der Waals surface area contributed by atoms with Gasteiger partial charge in [-0.25, -0.2) is 0 Å². The van der Waals surface area contributed by atoms with Crippen molar-refractivity contribution in [1.29, 1.82) is 0 Å². The molecular weight excluding hydrogens is 316 g/mol. The van der Waals surface area contributed by atoms with Crippen LogP contribution in [0.2, 0.25) is 0 Å². The summed E-state index contributed by atoms with van der Waals surface area (Å²) in [6.45, 7) is 3.37. The van der Waals surface area contributed by atoms with Crippen molar-refractivity contribution in [3.63, 3.8) is 0 Å². The Kier molecular flexibility index (Phi) is 5.48. The Balaban J connectivity index is 1.44. The lowest BCUT2D eigenvalue weighted by atomic mass is 10.0. The van der Waals surface area contributed by atoms with Gasteiger partial charge in [0.2, 0.25) is 5.91 Å². The normalized spacial score (nSPS) is 16.4. The summed E-state index contributed by atoms with van der Waals surface area (Å²) in [5, 5.41) is 3.11. The number of piperidine rings is 1. The molecule has 1 atom stereocenters. The van der Waals surface area contributed by atoms with Crippen molar-refractivity contribution in [1.82, 2.24) is 19.8 Å². The van der Waals surface area contributed by atoms with E-state index >= 15 is 0 Å². The zero-order valence-electron chi connectivity index (χ0n) is 14.5. The minimum Gasteiger partial charge on any atom is -0.353 e. The third-order valence-corrected chi connectivity index (χ3v) is 4.69. The van der Waals surface area contributed by atoms with E-state index in [1.54, 1.807) is 24.5 Å². The second kappa shape index (κ2) is 7.96. The SMILES string of the molecule is C[C@H](CC(=O)NC1CCN(C(=O)c2ccncc2)CC1)n1cccc1. The van der Waals surface area contributed by atoms with Crippen molar-refractivity contribution in [3.8, 4) is 0 Å². The second-order valence-electron chi connectivity index (χ2n) is 6.55. The monoisotopic (exact) mass is 340 g/mol. The molecule has 132 valence electrons. The summed E-state index contributed by atoms with van der Waals surface area (Å²) in [5.74, 6) is 0.105. The zero-order valence-corrected chi connectivity index (χ0v) is 14.5. The van der Waals surface area contributed by atoms with Gasteiger partial charge in [-0.2, -0.15) is 0 Å². The van der Waals surface area contributed by atoms with Crippen LogP contribution in [0.1, 0.15) is 42.6 Å². The van der Waals surface area contributed by atoms with Gasteiger partial charge < -0.3 is 14.8 Å². The highest BCUT2D eigenvalue weighted by atomic mass is 16.2. The molecule has 1 N–H and O–H groups in total. The second-order valence-corrected chi connectivity index (χ2v) is 6.55. The topological polar surface area (TPSA) is 67.2 Å². The Hall–Kier alpha value is -2.63. The van der Waals surface area contributed by atoms with Crippen LogP contribution >= 0.6 is 0 Å². The molecule has 2 amide bonds. The Labute approximate surface area is 147 Å². The van der Waals surface area contributed by atoms with E-state index in [9.17, 15) is 9.59 Å². The minimum absolute atomic E-state index is 0.0356. The van der Waals surface area contributed by atoms with E-state index in [-0.39, 0.29) is 23.9 Å². The molecule has 1 aliphatic heterocycles.